The van der Waals surface area contributed by atoms with E-state index in [2.05, 4.69) is 4.72 Å². The van der Waals surface area contributed by atoms with Gasteiger partial charge >= 0.3 is 0 Å². The van der Waals surface area contributed by atoms with Gasteiger partial charge in [-0.05, 0) is 50.5 Å². The topological polar surface area (TPSA) is 89.3 Å². The molecule has 5 nitrogen and oxygen atoms in total. The lowest BCUT2D eigenvalue weighted by Crippen LogP contribution is -2.52. The van der Waals surface area contributed by atoms with Crippen LogP contribution in [0.25, 0.3) is 0 Å². The number of fused-ring (bicyclic) bond motifs is 3. The van der Waals surface area contributed by atoms with Gasteiger partial charge in [-0.15, -0.1) is 0 Å². The third-order valence-electron chi connectivity index (χ3n) is 4.59. The highest BCUT2D eigenvalue weighted by Gasteiger charge is 2.52. The number of nitrogens with one attached hydrogen (secondary N) is 1. The molecule has 0 unspecified atom stereocenters. The van der Waals surface area contributed by atoms with Crippen molar-refractivity contribution in [3.63, 3.8) is 0 Å². The minimum atomic E-state index is -3.45. The van der Waals surface area contributed by atoms with Crippen LogP contribution in [0.3, 0.4) is 0 Å². The summed E-state index contributed by atoms with van der Waals surface area (Å²) >= 11 is 0. The largest absolute Gasteiger partial charge is 0.330 e. The molecule has 17 heavy (non-hydrogen) atoms. The van der Waals surface area contributed by atoms with Crippen molar-refractivity contribution in [3.8, 4) is 0 Å². The van der Waals surface area contributed by atoms with Crippen molar-refractivity contribution in [2.45, 2.75) is 38.5 Å². The molecule has 3 saturated carbocycles. The van der Waals surface area contributed by atoms with E-state index in [1.807, 2.05) is 0 Å². The first-order chi connectivity index (χ1) is 7.81. The zero-order chi connectivity index (χ0) is 12.7. The quantitative estimate of drug-likeness (QED) is 0.767. The minimum absolute atomic E-state index is 0.215. The van der Waals surface area contributed by atoms with Gasteiger partial charge in [-0.1, -0.05) is 0 Å². The molecule has 0 saturated heterocycles. The summed E-state index contributed by atoms with van der Waals surface area (Å²) in [6.07, 6.45) is 6.17. The number of carbonyl (C=O) groups excluding carboxylic acids is 1. The molecule has 1 amide bonds. The first-order valence-electron chi connectivity index (χ1n) is 6.03. The number of hydrogen-bond acceptors (Lipinski definition) is 4. The van der Waals surface area contributed by atoms with Crippen molar-refractivity contribution in [1.82, 2.24) is 4.72 Å². The Morgan fingerprint density at radius 2 is 1.65 bits per heavy atom. The normalized spacial score (nSPS) is 36.8. The SMILES string of the molecule is CS(=O)(=O)NC(=O)C12CCC(CN)(CC1)CC2. The summed E-state index contributed by atoms with van der Waals surface area (Å²) in [5.74, 6) is -0.315. The summed E-state index contributed by atoms with van der Waals surface area (Å²) in [4.78, 5) is 12.1. The first-order valence-corrected chi connectivity index (χ1v) is 7.92. The average molecular weight is 260 g/mol. The van der Waals surface area contributed by atoms with Crippen LogP contribution >= 0.6 is 0 Å². The summed E-state index contributed by atoms with van der Waals surface area (Å²) < 4.78 is 24.4. The fraction of sp³-hybridized carbons (Fsp3) is 0.909. The maximum absolute atomic E-state index is 12.1. The zero-order valence-electron chi connectivity index (χ0n) is 10.2. The lowest BCUT2D eigenvalue weighted by molar-refractivity contribution is -0.138. The number of rotatable bonds is 3. The predicted molar refractivity (Wildman–Crippen MR) is 64.6 cm³/mol. The van der Waals surface area contributed by atoms with Crippen molar-refractivity contribution in [3.05, 3.63) is 0 Å². The van der Waals surface area contributed by atoms with Gasteiger partial charge in [-0.3, -0.25) is 9.52 Å². The van der Waals surface area contributed by atoms with E-state index in [0.29, 0.717) is 6.54 Å². The third kappa shape index (κ3) is 2.33. The van der Waals surface area contributed by atoms with E-state index < -0.39 is 15.4 Å². The average Bonchev–Trinajstić information content (AvgIpc) is 2.29. The summed E-state index contributed by atoms with van der Waals surface area (Å²) in [7, 11) is -3.45. The third-order valence-corrected chi connectivity index (χ3v) is 5.15. The van der Waals surface area contributed by atoms with Gasteiger partial charge in [0.15, 0.2) is 0 Å². The van der Waals surface area contributed by atoms with Crippen LogP contribution in [0.5, 0.6) is 0 Å². The zero-order valence-corrected chi connectivity index (χ0v) is 11.0. The van der Waals surface area contributed by atoms with E-state index in [4.69, 9.17) is 5.73 Å². The molecule has 3 N–H and O–H groups in total. The predicted octanol–water partition coefficient (Wildman–Crippen LogP) is 0.361. The molecule has 0 atom stereocenters. The van der Waals surface area contributed by atoms with Gasteiger partial charge in [0, 0.05) is 0 Å². The summed E-state index contributed by atoms with van der Waals surface area (Å²) in [6.45, 7) is 0.677. The minimum Gasteiger partial charge on any atom is -0.330 e. The molecule has 0 aromatic rings. The summed E-state index contributed by atoms with van der Waals surface area (Å²) in [6, 6.07) is 0. The van der Waals surface area contributed by atoms with Crippen molar-refractivity contribution < 1.29 is 13.2 Å². The lowest BCUT2D eigenvalue weighted by Gasteiger charge is -2.51. The molecule has 6 heteroatoms. The highest BCUT2D eigenvalue weighted by molar-refractivity contribution is 7.89. The summed E-state index contributed by atoms with van der Waals surface area (Å²) in [5.41, 5.74) is 5.56. The van der Waals surface area contributed by atoms with Crippen LogP contribution in [-0.2, 0) is 14.8 Å². The van der Waals surface area contributed by atoms with Crippen LogP contribution in [0.15, 0.2) is 0 Å². The van der Waals surface area contributed by atoms with Gasteiger partial charge < -0.3 is 5.73 Å². The van der Waals surface area contributed by atoms with E-state index in [1.54, 1.807) is 0 Å². The molecule has 3 aliphatic carbocycles. The first kappa shape index (κ1) is 12.8. The number of amides is 1. The maximum atomic E-state index is 12.1. The number of hydrogen-bond donors (Lipinski definition) is 2. The van der Waals surface area contributed by atoms with Gasteiger partial charge in [0.2, 0.25) is 15.9 Å². The second kappa shape index (κ2) is 3.95. The molecule has 98 valence electrons. The molecule has 3 rings (SSSR count). The molecule has 0 aliphatic heterocycles. The fourth-order valence-corrected chi connectivity index (χ4v) is 3.74. The van der Waals surface area contributed by atoms with Crippen LogP contribution < -0.4 is 10.5 Å². The fourth-order valence-electron chi connectivity index (χ4n) is 3.19. The standard InChI is InChI=1S/C11H20N2O3S/c1-17(15,16)13-9(14)11-5-2-10(8-12,3-6-11)4-7-11/h2-8,12H2,1H3,(H,13,14). The molecule has 3 fully saturated rings. The Hall–Kier alpha value is -0.620. The molecule has 0 heterocycles. The molecule has 0 aromatic carbocycles. The monoisotopic (exact) mass is 260 g/mol. The Balaban J connectivity index is 2.11. The molecule has 0 radical (unpaired) electrons. The van der Waals surface area contributed by atoms with Gasteiger partial charge in [0.25, 0.3) is 0 Å². The Morgan fingerprint density at radius 1 is 1.18 bits per heavy atom. The van der Waals surface area contributed by atoms with Gasteiger partial charge in [-0.2, -0.15) is 0 Å². The molecule has 0 aromatic heterocycles. The van der Waals surface area contributed by atoms with Crippen LogP contribution in [-0.4, -0.2) is 27.1 Å². The van der Waals surface area contributed by atoms with Crippen LogP contribution in [0.4, 0.5) is 0 Å². The highest BCUT2D eigenvalue weighted by Crippen LogP contribution is 2.56. The van der Waals surface area contributed by atoms with Crippen molar-refractivity contribution in [2.24, 2.45) is 16.6 Å². The molecule has 2 bridgehead atoms. The number of nitrogens with two attached hydrogens (primary N) is 1. The molecular weight excluding hydrogens is 240 g/mol. The molecule has 0 spiro atoms. The van der Waals surface area contributed by atoms with Gasteiger partial charge in [0.05, 0.1) is 11.7 Å². The van der Waals surface area contributed by atoms with Crippen molar-refractivity contribution in [1.29, 1.82) is 0 Å². The Morgan fingerprint density at radius 3 is 2.00 bits per heavy atom. The van der Waals surface area contributed by atoms with Gasteiger partial charge in [0.1, 0.15) is 0 Å². The van der Waals surface area contributed by atoms with Crippen molar-refractivity contribution in [2.75, 3.05) is 12.8 Å². The van der Waals surface area contributed by atoms with Crippen LogP contribution in [0.2, 0.25) is 0 Å². The van der Waals surface area contributed by atoms with E-state index in [1.165, 1.54) is 0 Å². The highest BCUT2D eigenvalue weighted by atomic mass is 32.2. The van der Waals surface area contributed by atoms with Crippen LogP contribution in [0, 0.1) is 10.8 Å². The van der Waals surface area contributed by atoms with Crippen molar-refractivity contribution >= 4 is 15.9 Å². The van der Waals surface area contributed by atoms with E-state index in [9.17, 15) is 13.2 Å². The van der Waals surface area contributed by atoms with Crippen LogP contribution in [0.1, 0.15) is 38.5 Å². The van der Waals surface area contributed by atoms with E-state index in [0.717, 1.165) is 44.8 Å². The van der Waals surface area contributed by atoms with Gasteiger partial charge in [-0.25, -0.2) is 8.42 Å². The molecule has 3 aliphatic rings. The number of carbonyl (C=O) groups is 1. The Bertz CT molecular complexity index is 405. The second-order valence-electron chi connectivity index (χ2n) is 5.69. The van der Waals surface area contributed by atoms with E-state index in [-0.39, 0.29) is 11.3 Å². The second-order valence-corrected chi connectivity index (χ2v) is 7.44. The lowest BCUT2D eigenvalue weighted by atomic mass is 9.53. The Kier molecular flexibility index (Phi) is 2.98. The number of sulfonamides is 1. The van der Waals surface area contributed by atoms with E-state index >= 15 is 0 Å². The Labute approximate surface area is 102 Å². The maximum Gasteiger partial charge on any atom is 0.239 e. The molecular formula is C11H20N2O3S. The smallest absolute Gasteiger partial charge is 0.239 e. The summed E-state index contributed by atoms with van der Waals surface area (Å²) in [5, 5.41) is 0.